The molecule has 0 spiro atoms. The normalized spacial score (nSPS) is 19.2. The zero-order valence-corrected chi connectivity index (χ0v) is 34.9. The average molecular weight is 873 g/mol. The van der Waals surface area contributed by atoms with Gasteiger partial charge in [-0.15, -0.1) is 0 Å². The van der Waals surface area contributed by atoms with Crippen molar-refractivity contribution in [3.05, 3.63) is 83.6 Å². The maximum Gasteiger partial charge on any atom is 0.294 e. The molecule has 6 N–H and O–H groups in total. The van der Waals surface area contributed by atoms with Crippen LogP contribution >= 0.6 is 0 Å². The van der Waals surface area contributed by atoms with Crippen LogP contribution in [0.25, 0.3) is 0 Å². The van der Waals surface area contributed by atoms with Crippen molar-refractivity contribution in [3.63, 3.8) is 0 Å². The fourth-order valence-electron chi connectivity index (χ4n) is 7.43. The van der Waals surface area contributed by atoms with Gasteiger partial charge >= 0.3 is 0 Å². The second-order valence-corrected chi connectivity index (χ2v) is 20.6. The molecular weight excluding hydrogens is 825 g/mol. The zero-order valence-electron chi connectivity index (χ0n) is 31.7. The Morgan fingerprint density at radius 3 is 2.07 bits per heavy atom. The van der Waals surface area contributed by atoms with Crippen molar-refractivity contribution in [2.24, 2.45) is 5.84 Å². The summed E-state index contributed by atoms with van der Waals surface area (Å²) in [6, 6.07) is 8.10. The van der Waals surface area contributed by atoms with E-state index in [0.29, 0.717) is 59.6 Å². The number of anilines is 1. The molecule has 57 heavy (non-hydrogen) atoms. The van der Waals surface area contributed by atoms with Gasteiger partial charge in [0.2, 0.25) is 11.6 Å². The largest absolute Gasteiger partial charge is 0.744 e. The summed E-state index contributed by atoms with van der Waals surface area (Å²) >= 11 is 0. The van der Waals surface area contributed by atoms with E-state index in [1.54, 1.807) is 35.0 Å². The SMILES string of the molecule is CC1(C)C(/C=C/C=C/C=C2/N(CCCS(=O)(=O)O)c3ccc(S(=O)(=O)[O-])cc3C2(C)CCCCCC(=O)NN)=[N+](CCCS(=O)(=O)O)c2ccc(S(=O)(=O)O)cc21. The van der Waals surface area contributed by atoms with Crippen LogP contribution in [-0.4, -0.2) is 92.7 Å². The van der Waals surface area contributed by atoms with Crippen molar-refractivity contribution < 1.29 is 61.3 Å². The van der Waals surface area contributed by atoms with Gasteiger partial charge in [-0.05, 0) is 82.0 Å². The first-order valence-electron chi connectivity index (χ1n) is 17.9. The van der Waals surface area contributed by atoms with Crippen LogP contribution in [0.1, 0.15) is 76.8 Å². The highest BCUT2D eigenvalue weighted by atomic mass is 32.2. The Bertz CT molecular complexity index is 2460. The predicted octanol–water partition coefficient (Wildman–Crippen LogP) is 3.48. The number of hydrogen-bond donors (Lipinski definition) is 5. The molecule has 17 nitrogen and oxygen atoms in total. The second-order valence-electron chi connectivity index (χ2n) is 14.6. The molecule has 0 saturated carbocycles. The van der Waals surface area contributed by atoms with Gasteiger partial charge < -0.3 is 9.45 Å². The first-order valence-corrected chi connectivity index (χ1v) is 24.0. The predicted molar refractivity (Wildman–Crippen MR) is 212 cm³/mol. The van der Waals surface area contributed by atoms with Gasteiger partial charge in [-0.3, -0.25) is 23.9 Å². The molecule has 1 unspecified atom stereocenters. The lowest BCUT2D eigenvalue weighted by Gasteiger charge is -2.30. The van der Waals surface area contributed by atoms with E-state index in [1.165, 1.54) is 36.4 Å². The highest BCUT2D eigenvalue weighted by Crippen LogP contribution is 2.51. The summed E-state index contributed by atoms with van der Waals surface area (Å²) in [6.07, 6.45) is 11.0. The maximum absolute atomic E-state index is 12.1. The summed E-state index contributed by atoms with van der Waals surface area (Å²) < 4.78 is 137. The van der Waals surface area contributed by atoms with Gasteiger partial charge in [-0.2, -0.15) is 29.8 Å². The minimum atomic E-state index is -4.85. The molecule has 4 rings (SSSR count). The number of carbonyl (C=O) groups excluding carboxylic acids is 1. The third-order valence-electron chi connectivity index (χ3n) is 10.2. The van der Waals surface area contributed by atoms with Gasteiger partial charge in [0.25, 0.3) is 30.4 Å². The fraction of sp³-hybridized carbons (Fsp3) is 0.444. The van der Waals surface area contributed by atoms with Crippen LogP contribution in [0.15, 0.2) is 82.3 Å². The van der Waals surface area contributed by atoms with Crippen LogP contribution in [0.4, 0.5) is 11.4 Å². The smallest absolute Gasteiger partial charge is 0.294 e. The Morgan fingerprint density at radius 1 is 0.825 bits per heavy atom. The molecule has 2 aromatic carbocycles. The molecule has 0 saturated heterocycles. The Kier molecular flexibility index (Phi) is 14.2. The van der Waals surface area contributed by atoms with Crippen molar-refractivity contribution >= 4 is 63.5 Å². The number of carbonyl (C=O) groups is 1. The third-order valence-corrected chi connectivity index (χ3v) is 13.5. The lowest BCUT2D eigenvalue weighted by molar-refractivity contribution is -0.437. The molecule has 0 aliphatic carbocycles. The van der Waals surface area contributed by atoms with E-state index in [4.69, 9.17) is 5.84 Å². The number of fused-ring (bicyclic) bond motifs is 2. The quantitative estimate of drug-likeness (QED) is 0.0257. The third kappa shape index (κ3) is 11.4. The van der Waals surface area contributed by atoms with Crippen molar-refractivity contribution in [3.8, 4) is 0 Å². The van der Waals surface area contributed by atoms with E-state index in [0.717, 1.165) is 0 Å². The maximum atomic E-state index is 12.1. The van der Waals surface area contributed by atoms with Crippen LogP contribution < -0.4 is 16.2 Å². The van der Waals surface area contributed by atoms with Gasteiger partial charge in [0.05, 0.1) is 26.7 Å². The lowest BCUT2D eigenvalue weighted by Crippen LogP contribution is -2.30. The molecule has 0 aromatic heterocycles. The Hall–Kier alpha value is -3.80. The van der Waals surface area contributed by atoms with E-state index in [9.17, 15) is 56.7 Å². The number of nitrogens with one attached hydrogen (secondary N) is 1. The standard InChI is InChI=1S/C36H48N4O13S4/c1-35(2)28-24-26(56(48,49)50)15-17-30(28)39(20-10-22-54(42,43)44)32(35)12-6-4-7-13-33-36(3,19-9-5-8-14-34(41)38-37)29-25-27(57(51,52)53)16-18-31(29)40(33)21-11-23-55(45,46)47/h4,6-7,12-13,15-18,24-25H,5,8-11,14,19-23,37H2,1-3H3,(H4-,38,41,42,43,44,45,46,47,48,49,50,51,52,53). The summed E-state index contributed by atoms with van der Waals surface area (Å²) in [5.41, 5.74) is 3.83. The van der Waals surface area contributed by atoms with E-state index < -0.39 is 67.7 Å². The topological polar surface area (TPSA) is 282 Å². The number of benzene rings is 2. The molecule has 0 bridgehead atoms. The molecule has 2 aliphatic heterocycles. The van der Waals surface area contributed by atoms with E-state index in [1.807, 2.05) is 25.7 Å². The summed E-state index contributed by atoms with van der Waals surface area (Å²) in [6.45, 7) is 5.78. The summed E-state index contributed by atoms with van der Waals surface area (Å²) in [5, 5.41) is 0. The molecule has 2 heterocycles. The van der Waals surface area contributed by atoms with E-state index in [-0.39, 0.29) is 43.2 Å². The van der Waals surface area contributed by atoms with Crippen molar-refractivity contribution in [1.82, 2.24) is 5.43 Å². The minimum absolute atomic E-state index is 0.00575. The van der Waals surface area contributed by atoms with Gasteiger partial charge in [0.15, 0.2) is 5.71 Å². The number of rotatable bonds is 19. The van der Waals surface area contributed by atoms with E-state index >= 15 is 0 Å². The monoisotopic (exact) mass is 872 g/mol. The molecule has 1 amide bonds. The Balaban J connectivity index is 1.77. The summed E-state index contributed by atoms with van der Waals surface area (Å²) in [4.78, 5) is 12.7. The molecule has 2 aromatic rings. The molecule has 314 valence electrons. The summed E-state index contributed by atoms with van der Waals surface area (Å²) in [5.74, 6) is 3.81. The van der Waals surface area contributed by atoms with Crippen LogP contribution in [0.5, 0.6) is 0 Å². The van der Waals surface area contributed by atoms with Gasteiger partial charge in [-0.1, -0.05) is 31.1 Å². The first kappa shape index (κ1) is 45.9. The van der Waals surface area contributed by atoms with Crippen molar-refractivity contribution in [1.29, 1.82) is 0 Å². The molecule has 1 atom stereocenters. The molecule has 21 heteroatoms. The number of nitrogens with two attached hydrogens (primary N) is 1. The molecular formula is C36H48N4O13S4. The summed E-state index contributed by atoms with van der Waals surface area (Å²) in [7, 11) is -18.0. The van der Waals surface area contributed by atoms with E-state index in [2.05, 4.69) is 5.43 Å². The Morgan fingerprint density at radius 2 is 1.46 bits per heavy atom. The molecule has 0 radical (unpaired) electrons. The highest BCUT2D eigenvalue weighted by Gasteiger charge is 2.45. The molecule has 2 aliphatic rings. The molecule has 0 fully saturated rings. The van der Waals surface area contributed by atoms with Gasteiger partial charge in [0.1, 0.15) is 16.7 Å². The number of allylic oxidation sites excluding steroid dienone is 6. The highest BCUT2D eigenvalue weighted by molar-refractivity contribution is 7.86. The number of nitrogens with zero attached hydrogens (tertiary/aromatic N) is 2. The van der Waals surface area contributed by atoms with Crippen LogP contribution in [0, 0.1) is 0 Å². The number of hydrazine groups is 1. The number of unbranched alkanes of at least 4 members (excludes halogenated alkanes) is 2. The van der Waals surface area contributed by atoms with Gasteiger partial charge in [-0.25, -0.2) is 14.3 Å². The fourth-order valence-corrected chi connectivity index (χ4v) is 9.42. The number of amides is 1. The average Bonchev–Trinajstić information content (AvgIpc) is 3.44. The lowest BCUT2D eigenvalue weighted by atomic mass is 9.77. The first-order chi connectivity index (χ1) is 26.3. The van der Waals surface area contributed by atoms with Gasteiger partial charge in [0, 0.05) is 53.9 Å². The second kappa shape index (κ2) is 17.6. The van der Waals surface area contributed by atoms with Crippen molar-refractivity contribution in [2.75, 3.05) is 29.5 Å². The Labute approximate surface area is 334 Å². The number of hydrogen-bond acceptors (Lipinski definition) is 12. The minimum Gasteiger partial charge on any atom is -0.744 e. The van der Waals surface area contributed by atoms with Crippen LogP contribution in [-0.2, 0) is 56.1 Å². The van der Waals surface area contributed by atoms with Crippen molar-refractivity contribution in [2.45, 2.75) is 86.3 Å². The zero-order chi connectivity index (χ0) is 42.6. The van der Waals surface area contributed by atoms with Crippen LogP contribution in [0.2, 0.25) is 0 Å². The van der Waals surface area contributed by atoms with Crippen LogP contribution in [0.3, 0.4) is 0 Å².